The van der Waals surface area contributed by atoms with E-state index in [-0.39, 0.29) is 30.7 Å². The van der Waals surface area contributed by atoms with Crippen molar-refractivity contribution >= 4 is 42.1 Å². The van der Waals surface area contributed by atoms with Crippen LogP contribution in [0.15, 0.2) is 28.4 Å². The third-order valence-electron chi connectivity index (χ3n) is 4.50. The first-order valence-electron chi connectivity index (χ1n) is 7.78. The van der Waals surface area contributed by atoms with Crippen molar-refractivity contribution in [3.05, 3.63) is 29.7 Å². The number of hydrogen-bond acceptors (Lipinski definition) is 5. The van der Waals surface area contributed by atoms with Gasteiger partial charge in [0.15, 0.2) is 0 Å². The molecule has 5 nitrogen and oxygen atoms in total. The van der Waals surface area contributed by atoms with E-state index >= 15 is 0 Å². The van der Waals surface area contributed by atoms with E-state index < -0.39 is 0 Å². The molecule has 132 valence electrons. The van der Waals surface area contributed by atoms with Gasteiger partial charge in [0.2, 0.25) is 5.91 Å². The SMILES string of the molecule is Cl.Cl.O=C(Cc1csc(-c2ccoc2)n1)NC1CC2CCC(C1)N2. The van der Waals surface area contributed by atoms with E-state index in [1.54, 1.807) is 23.9 Å². The van der Waals surface area contributed by atoms with Gasteiger partial charge < -0.3 is 15.1 Å². The van der Waals surface area contributed by atoms with E-state index in [0.29, 0.717) is 24.5 Å². The molecule has 24 heavy (non-hydrogen) atoms. The Morgan fingerprint density at radius 3 is 2.75 bits per heavy atom. The summed E-state index contributed by atoms with van der Waals surface area (Å²) in [4.78, 5) is 16.7. The molecule has 2 saturated heterocycles. The molecule has 0 spiro atoms. The van der Waals surface area contributed by atoms with Crippen molar-refractivity contribution in [1.82, 2.24) is 15.6 Å². The first-order valence-corrected chi connectivity index (χ1v) is 8.66. The van der Waals surface area contributed by atoms with Gasteiger partial charge in [-0.25, -0.2) is 4.98 Å². The minimum atomic E-state index is 0. The molecule has 0 aromatic carbocycles. The molecule has 4 heterocycles. The highest BCUT2D eigenvalue weighted by atomic mass is 35.5. The Morgan fingerprint density at radius 2 is 2.08 bits per heavy atom. The second-order valence-electron chi connectivity index (χ2n) is 6.21. The zero-order valence-electron chi connectivity index (χ0n) is 13.1. The van der Waals surface area contributed by atoms with E-state index in [0.717, 1.165) is 29.1 Å². The lowest BCUT2D eigenvalue weighted by molar-refractivity contribution is -0.121. The fraction of sp³-hybridized carbons (Fsp3) is 0.500. The Bertz CT molecular complexity index is 650. The van der Waals surface area contributed by atoms with E-state index in [2.05, 4.69) is 15.6 Å². The topological polar surface area (TPSA) is 67.2 Å². The summed E-state index contributed by atoms with van der Waals surface area (Å²) in [6, 6.07) is 3.39. The first kappa shape index (κ1) is 19.2. The number of fused-ring (bicyclic) bond motifs is 2. The van der Waals surface area contributed by atoms with E-state index in [1.807, 2.05) is 11.4 Å². The molecular weight excluding hydrogens is 369 g/mol. The van der Waals surface area contributed by atoms with Gasteiger partial charge in [0, 0.05) is 29.1 Å². The van der Waals surface area contributed by atoms with Gasteiger partial charge in [-0.2, -0.15) is 0 Å². The third kappa shape index (κ3) is 4.30. The smallest absolute Gasteiger partial charge is 0.226 e. The maximum Gasteiger partial charge on any atom is 0.226 e. The van der Waals surface area contributed by atoms with Crippen molar-refractivity contribution in [2.45, 2.75) is 50.2 Å². The zero-order chi connectivity index (χ0) is 14.9. The Hall–Kier alpha value is -1.08. The Kier molecular flexibility index (Phi) is 6.69. The number of piperidine rings is 1. The van der Waals surface area contributed by atoms with Gasteiger partial charge in [-0.3, -0.25) is 4.79 Å². The molecule has 2 aromatic rings. The second kappa shape index (κ2) is 8.34. The van der Waals surface area contributed by atoms with Crippen molar-refractivity contribution in [2.24, 2.45) is 0 Å². The standard InChI is InChI=1S/C16H19N3O2S.2ClH/c20-15(18-13-5-11-1-2-12(6-13)17-11)7-14-9-22-16(19-14)10-3-4-21-8-10;;/h3-4,8-9,11-13,17H,1-2,5-7H2,(H,18,20);2*1H. The van der Waals surface area contributed by atoms with Crippen LogP contribution in [-0.2, 0) is 11.2 Å². The summed E-state index contributed by atoms with van der Waals surface area (Å²) in [7, 11) is 0. The Labute approximate surface area is 157 Å². The summed E-state index contributed by atoms with van der Waals surface area (Å²) in [5.41, 5.74) is 1.79. The van der Waals surface area contributed by atoms with E-state index in [4.69, 9.17) is 4.42 Å². The number of thiazole rings is 1. The monoisotopic (exact) mass is 389 g/mol. The molecule has 0 radical (unpaired) electrons. The number of hydrogen-bond donors (Lipinski definition) is 2. The lowest BCUT2D eigenvalue weighted by Gasteiger charge is -2.29. The van der Waals surface area contributed by atoms with Gasteiger partial charge in [-0.15, -0.1) is 36.2 Å². The van der Waals surface area contributed by atoms with Crippen LogP contribution in [0.3, 0.4) is 0 Å². The summed E-state index contributed by atoms with van der Waals surface area (Å²) in [6.45, 7) is 0. The summed E-state index contributed by atoms with van der Waals surface area (Å²) >= 11 is 1.55. The molecule has 2 aliphatic heterocycles. The highest BCUT2D eigenvalue weighted by Gasteiger charge is 2.33. The molecule has 2 atom stereocenters. The fourth-order valence-electron chi connectivity index (χ4n) is 3.53. The van der Waals surface area contributed by atoms with Crippen LogP contribution in [0.4, 0.5) is 0 Å². The van der Waals surface area contributed by atoms with Gasteiger partial charge in [0.25, 0.3) is 0 Å². The Balaban J connectivity index is 0.00000104. The highest BCUT2D eigenvalue weighted by Crippen LogP contribution is 2.27. The number of aromatic nitrogens is 1. The van der Waals surface area contributed by atoms with Crippen LogP contribution in [-0.4, -0.2) is 29.0 Å². The molecule has 4 rings (SSSR count). The van der Waals surface area contributed by atoms with Crippen molar-refractivity contribution in [1.29, 1.82) is 0 Å². The predicted octanol–water partition coefficient (Wildman–Crippen LogP) is 3.19. The Morgan fingerprint density at radius 1 is 1.33 bits per heavy atom. The van der Waals surface area contributed by atoms with Crippen molar-refractivity contribution in [3.63, 3.8) is 0 Å². The van der Waals surface area contributed by atoms with Crippen LogP contribution in [0.2, 0.25) is 0 Å². The lowest BCUT2D eigenvalue weighted by Crippen LogP contribution is -2.48. The summed E-state index contributed by atoms with van der Waals surface area (Å²) in [5, 5.41) is 9.62. The summed E-state index contributed by atoms with van der Waals surface area (Å²) in [6.07, 6.45) is 8.27. The number of rotatable bonds is 4. The number of furan rings is 1. The molecule has 2 aliphatic rings. The molecule has 1 amide bonds. The van der Waals surface area contributed by atoms with Crippen molar-refractivity contribution < 1.29 is 9.21 Å². The average Bonchev–Trinajstić information content (AvgIpc) is 3.20. The molecule has 2 N–H and O–H groups in total. The first-order chi connectivity index (χ1) is 10.8. The van der Waals surface area contributed by atoms with Gasteiger partial charge in [-0.1, -0.05) is 0 Å². The molecule has 2 unspecified atom stereocenters. The number of carbonyl (C=O) groups is 1. The average molecular weight is 390 g/mol. The summed E-state index contributed by atoms with van der Waals surface area (Å²) < 4.78 is 5.07. The number of nitrogens with one attached hydrogen (secondary N) is 2. The second-order valence-corrected chi connectivity index (χ2v) is 7.06. The molecule has 2 bridgehead atoms. The van der Waals surface area contributed by atoms with Crippen LogP contribution in [0.25, 0.3) is 10.6 Å². The third-order valence-corrected chi connectivity index (χ3v) is 5.44. The molecule has 8 heteroatoms. The lowest BCUT2D eigenvalue weighted by atomic mass is 9.99. The van der Waals surface area contributed by atoms with Crippen molar-refractivity contribution in [2.75, 3.05) is 0 Å². The molecule has 2 fully saturated rings. The number of nitrogens with zero attached hydrogens (tertiary/aromatic N) is 1. The van der Waals surface area contributed by atoms with E-state index in [9.17, 15) is 4.79 Å². The van der Waals surface area contributed by atoms with Crippen molar-refractivity contribution in [3.8, 4) is 10.6 Å². The minimum absolute atomic E-state index is 0. The zero-order valence-corrected chi connectivity index (χ0v) is 15.5. The molecular formula is C16H21Cl2N3O2S. The minimum Gasteiger partial charge on any atom is -0.472 e. The maximum atomic E-state index is 12.2. The predicted molar refractivity (Wildman–Crippen MR) is 99.1 cm³/mol. The quantitative estimate of drug-likeness (QED) is 0.842. The van der Waals surface area contributed by atoms with Gasteiger partial charge in [0.05, 0.1) is 18.4 Å². The number of amides is 1. The van der Waals surface area contributed by atoms with Gasteiger partial charge in [-0.05, 0) is 31.7 Å². The van der Waals surface area contributed by atoms with Crippen LogP contribution >= 0.6 is 36.2 Å². The molecule has 2 aromatic heterocycles. The number of carbonyl (C=O) groups excluding carboxylic acids is 1. The van der Waals surface area contributed by atoms with Gasteiger partial charge >= 0.3 is 0 Å². The van der Waals surface area contributed by atoms with Crippen LogP contribution in [0, 0.1) is 0 Å². The molecule has 0 saturated carbocycles. The van der Waals surface area contributed by atoms with E-state index in [1.165, 1.54) is 12.8 Å². The maximum absolute atomic E-state index is 12.2. The number of halogens is 2. The largest absolute Gasteiger partial charge is 0.472 e. The van der Waals surface area contributed by atoms with Crippen LogP contribution < -0.4 is 10.6 Å². The fourth-order valence-corrected chi connectivity index (χ4v) is 4.33. The van der Waals surface area contributed by atoms with Gasteiger partial charge in [0.1, 0.15) is 11.3 Å². The summed E-state index contributed by atoms with van der Waals surface area (Å²) in [5.74, 6) is 0.0790. The van der Waals surface area contributed by atoms with Crippen LogP contribution in [0.1, 0.15) is 31.4 Å². The van der Waals surface area contributed by atoms with Crippen LogP contribution in [0.5, 0.6) is 0 Å². The highest BCUT2D eigenvalue weighted by molar-refractivity contribution is 7.13. The molecule has 0 aliphatic carbocycles. The normalized spacial score (nSPS) is 24.8.